The molecule has 2 unspecified atom stereocenters. The third-order valence-electron chi connectivity index (χ3n) is 5.89. The molecular formula is C25H31N3O2S. The number of hydrogen-bond donors (Lipinski definition) is 1. The maximum absolute atomic E-state index is 13.1. The number of anilines is 1. The summed E-state index contributed by atoms with van der Waals surface area (Å²) >= 11 is 1.68. The predicted octanol–water partition coefficient (Wildman–Crippen LogP) is 5.05. The summed E-state index contributed by atoms with van der Waals surface area (Å²) in [6.07, 6.45) is 3.74. The third-order valence-corrected chi connectivity index (χ3v) is 6.97. The van der Waals surface area contributed by atoms with Crippen LogP contribution in [0.25, 0.3) is 10.2 Å². The summed E-state index contributed by atoms with van der Waals surface area (Å²) in [4.78, 5) is 20.1. The first-order chi connectivity index (χ1) is 15.2. The van der Waals surface area contributed by atoms with Crippen LogP contribution in [-0.2, 0) is 11.2 Å². The van der Waals surface area contributed by atoms with E-state index in [1.54, 1.807) is 11.3 Å². The molecule has 1 amide bonds. The SMILES string of the molecule is CCOc1ccc2nc(N3CCCC(C(=O)NC(CC)Cc4ccccc4)C3)sc2c1. The highest BCUT2D eigenvalue weighted by atomic mass is 32.1. The molecule has 164 valence electrons. The highest BCUT2D eigenvalue weighted by Crippen LogP contribution is 2.33. The lowest BCUT2D eigenvalue weighted by Gasteiger charge is -2.32. The normalized spacial score (nSPS) is 17.5. The molecule has 1 aliphatic rings. The molecule has 5 nitrogen and oxygen atoms in total. The first kappa shape index (κ1) is 21.6. The standard InChI is InChI=1S/C25H31N3O2S/c1-3-20(15-18-9-6-5-7-10-18)26-24(29)19-11-8-14-28(17-19)25-27-22-13-12-21(30-4-2)16-23(22)31-25/h5-7,9-10,12-13,16,19-20H,3-4,8,11,14-15,17H2,1-2H3,(H,26,29). The maximum atomic E-state index is 13.1. The second-order valence-electron chi connectivity index (χ2n) is 8.15. The van der Waals surface area contributed by atoms with Gasteiger partial charge in [0.05, 0.1) is 22.7 Å². The van der Waals surface area contributed by atoms with Gasteiger partial charge < -0.3 is 15.0 Å². The lowest BCUT2D eigenvalue weighted by atomic mass is 9.96. The molecule has 0 bridgehead atoms. The zero-order chi connectivity index (χ0) is 21.6. The predicted molar refractivity (Wildman–Crippen MR) is 128 cm³/mol. The highest BCUT2D eigenvalue weighted by Gasteiger charge is 2.28. The number of hydrogen-bond acceptors (Lipinski definition) is 5. The molecule has 2 aromatic carbocycles. The molecule has 3 aromatic rings. The zero-order valence-corrected chi connectivity index (χ0v) is 19.2. The second kappa shape index (κ2) is 10.1. The number of amides is 1. The van der Waals surface area contributed by atoms with E-state index in [1.807, 2.05) is 25.1 Å². The van der Waals surface area contributed by atoms with Gasteiger partial charge in [0.2, 0.25) is 5.91 Å². The number of nitrogens with one attached hydrogen (secondary N) is 1. The number of aromatic nitrogens is 1. The minimum Gasteiger partial charge on any atom is -0.494 e. The van der Waals surface area contributed by atoms with E-state index in [0.717, 1.165) is 59.9 Å². The summed E-state index contributed by atoms with van der Waals surface area (Å²) in [7, 11) is 0. The topological polar surface area (TPSA) is 54.5 Å². The van der Waals surface area contributed by atoms with Gasteiger partial charge in [-0.3, -0.25) is 4.79 Å². The molecule has 1 N–H and O–H groups in total. The van der Waals surface area contributed by atoms with Gasteiger partial charge >= 0.3 is 0 Å². The van der Waals surface area contributed by atoms with E-state index in [4.69, 9.17) is 9.72 Å². The van der Waals surface area contributed by atoms with Crippen LogP contribution in [0.4, 0.5) is 5.13 Å². The maximum Gasteiger partial charge on any atom is 0.225 e. The van der Waals surface area contributed by atoms with Crippen molar-refractivity contribution in [2.45, 2.75) is 45.6 Å². The Morgan fingerprint density at radius 3 is 2.87 bits per heavy atom. The number of fused-ring (bicyclic) bond motifs is 1. The average molecular weight is 438 g/mol. The van der Waals surface area contributed by atoms with E-state index in [1.165, 1.54) is 5.56 Å². The van der Waals surface area contributed by atoms with Crippen LogP contribution >= 0.6 is 11.3 Å². The number of nitrogens with zero attached hydrogens (tertiary/aromatic N) is 2. The van der Waals surface area contributed by atoms with Crippen molar-refractivity contribution < 1.29 is 9.53 Å². The Morgan fingerprint density at radius 1 is 1.26 bits per heavy atom. The van der Waals surface area contributed by atoms with Gasteiger partial charge in [-0.1, -0.05) is 48.6 Å². The van der Waals surface area contributed by atoms with Crippen molar-refractivity contribution in [3.63, 3.8) is 0 Å². The van der Waals surface area contributed by atoms with Crippen LogP contribution in [0.5, 0.6) is 5.75 Å². The van der Waals surface area contributed by atoms with Crippen molar-refractivity contribution in [3.05, 3.63) is 54.1 Å². The Labute approximate surface area is 188 Å². The highest BCUT2D eigenvalue weighted by molar-refractivity contribution is 7.22. The van der Waals surface area contributed by atoms with Gasteiger partial charge in [-0.15, -0.1) is 0 Å². The Balaban J connectivity index is 1.40. The molecular weight excluding hydrogens is 406 g/mol. The van der Waals surface area contributed by atoms with Crippen LogP contribution in [0.2, 0.25) is 0 Å². The first-order valence-electron chi connectivity index (χ1n) is 11.3. The number of benzene rings is 2. The number of thiazole rings is 1. The molecule has 4 rings (SSSR count). The van der Waals surface area contributed by atoms with Crippen LogP contribution in [0.15, 0.2) is 48.5 Å². The number of piperidine rings is 1. The molecule has 0 saturated carbocycles. The summed E-state index contributed by atoms with van der Waals surface area (Å²) in [6, 6.07) is 16.6. The molecule has 1 saturated heterocycles. The van der Waals surface area contributed by atoms with Gasteiger partial charge in [-0.05, 0) is 56.4 Å². The van der Waals surface area contributed by atoms with E-state index in [-0.39, 0.29) is 17.9 Å². The van der Waals surface area contributed by atoms with Gasteiger partial charge in [0, 0.05) is 19.1 Å². The van der Waals surface area contributed by atoms with Crippen LogP contribution in [0.3, 0.4) is 0 Å². The molecule has 6 heteroatoms. The van der Waals surface area contributed by atoms with Gasteiger partial charge in [0.15, 0.2) is 5.13 Å². The summed E-state index contributed by atoms with van der Waals surface area (Å²) < 4.78 is 6.75. The van der Waals surface area contributed by atoms with Gasteiger partial charge in [-0.2, -0.15) is 0 Å². The molecule has 0 radical (unpaired) electrons. The number of carbonyl (C=O) groups is 1. The lowest BCUT2D eigenvalue weighted by Crippen LogP contribution is -2.46. The van der Waals surface area contributed by atoms with Crippen molar-refractivity contribution in [1.82, 2.24) is 10.3 Å². The van der Waals surface area contributed by atoms with Crippen molar-refractivity contribution in [2.75, 3.05) is 24.6 Å². The molecule has 1 aliphatic heterocycles. The fraction of sp³-hybridized carbons (Fsp3) is 0.440. The molecule has 31 heavy (non-hydrogen) atoms. The fourth-order valence-corrected chi connectivity index (χ4v) is 5.19. The summed E-state index contributed by atoms with van der Waals surface area (Å²) in [5.41, 5.74) is 2.25. The smallest absolute Gasteiger partial charge is 0.225 e. The van der Waals surface area contributed by atoms with Gasteiger partial charge in [0.25, 0.3) is 0 Å². The first-order valence-corrected chi connectivity index (χ1v) is 12.1. The number of carbonyl (C=O) groups excluding carboxylic acids is 1. The molecule has 1 fully saturated rings. The van der Waals surface area contributed by atoms with Crippen LogP contribution in [0, 0.1) is 5.92 Å². The lowest BCUT2D eigenvalue weighted by molar-refractivity contribution is -0.126. The minimum atomic E-state index is 0.00423. The Morgan fingerprint density at radius 2 is 2.10 bits per heavy atom. The van der Waals surface area contributed by atoms with Crippen molar-refractivity contribution in [3.8, 4) is 5.75 Å². The van der Waals surface area contributed by atoms with Crippen LogP contribution in [0.1, 0.15) is 38.7 Å². The van der Waals surface area contributed by atoms with Crippen molar-refractivity contribution in [2.24, 2.45) is 5.92 Å². The minimum absolute atomic E-state index is 0.00423. The van der Waals surface area contributed by atoms with Gasteiger partial charge in [-0.25, -0.2) is 4.98 Å². The molecule has 2 heterocycles. The Bertz CT molecular complexity index is 1000. The third kappa shape index (κ3) is 5.37. The monoisotopic (exact) mass is 437 g/mol. The van der Waals surface area contributed by atoms with E-state index in [2.05, 4.69) is 47.5 Å². The Hall–Kier alpha value is -2.60. The largest absolute Gasteiger partial charge is 0.494 e. The quantitative estimate of drug-likeness (QED) is 0.536. The summed E-state index contributed by atoms with van der Waals surface area (Å²) in [6.45, 7) is 6.46. The zero-order valence-electron chi connectivity index (χ0n) is 18.3. The molecule has 0 aliphatic carbocycles. The average Bonchev–Trinajstić information content (AvgIpc) is 3.23. The van der Waals surface area contributed by atoms with Crippen LogP contribution in [-0.4, -0.2) is 36.6 Å². The summed E-state index contributed by atoms with van der Waals surface area (Å²) in [5.74, 6) is 1.06. The number of rotatable bonds is 8. The second-order valence-corrected chi connectivity index (χ2v) is 9.16. The Kier molecular flexibility index (Phi) is 7.07. The number of ether oxygens (including phenoxy) is 1. The van der Waals surface area contributed by atoms with E-state index in [9.17, 15) is 4.79 Å². The fourth-order valence-electron chi connectivity index (χ4n) is 4.16. The van der Waals surface area contributed by atoms with Crippen molar-refractivity contribution >= 4 is 32.6 Å². The van der Waals surface area contributed by atoms with Crippen molar-refractivity contribution in [1.29, 1.82) is 0 Å². The summed E-state index contributed by atoms with van der Waals surface area (Å²) in [5, 5.41) is 4.30. The molecule has 1 aromatic heterocycles. The molecule has 2 atom stereocenters. The van der Waals surface area contributed by atoms with Gasteiger partial charge in [0.1, 0.15) is 5.75 Å². The van der Waals surface area contributed by atoms with Crippen LogP contribution < -0.4 is 15.0 Å². The van der Waals surface area contributed by atoms with E-state index in [0.29, 0.717) is 6.61 Å². The molecule has 0 spiro atoms. The van der Waals surface area contributed by atoms with E-state index >= 15 is 0 Å². The van der Waals surface area contributed by atoms with E-state index < -0.39 is 0 Å².